The summed E-state index contributed by atoms with van der Waals surface area (Å²) in [7, 11) is 0. The largest absolute Gasteiger partial charge is 0.344 e. The Balaban J connectivity index is 0.000000160. The first kappa shape index (κ1) is 4.96. The molecule has 0 radical (unpaired) electrons. The first-order valence-electron chi connectivity index (χ1n) is 2.00. The predicted octanol–water partition coefficient (Wildman–Crippen LogP) is 1.72. The van der Waals surface area contributed by atoms with Crippen LogP contribution in [0.3, 0.4) is 0 Å². The Morgan fingerprint density at radius 2 is 0.800 bits per heavy atom. The topological polar surface area (TPSA) is 35.0 Å². The number of rotatable bonds is 0. The lowest BCUT2D eigenvalue weighted by Crippen LogP contribution is -1.85. The van der Waals surface area contributed by atoms with E-state index in [1.807, 2.05) is 0 Å². The molecule has 5 heavy (non-hydrogen) atoms. The second-order valence-electron chi connectivity index (χ2n) is 1.41. The summed E-state index contributed by atoms with van der Waals surface area (Å²) in [5.41, 5.74) is 0. The van der Waals surface area contributed by atoms with Crippen molar-refractivity contribution in [2.45, 2.75) is 25.7 Å². The molecule has 3 N–H and O–H groups in total. The zero-order valence-corrected chi connectivity index (χ0v) is 3.54. The van der Waals surface area contributed by atoms with Crippen LogP contribution >= 0.6 is 0 Å². The van der Waals surface area contributed by atoms with Crippen molar-refractivity contribution < 1.29 is 0 Å². The molecule has 0 bridgehead atoms. The van der Waals surface area contributed by atoms with Gasteiger partial charge in [-0.1, -0.05) is 25.7 Å². The van der Waals surface area contributed by atoms with E-state index in [2.05, 4.69) is 0 Å². The van der Waals surface area contributed by atoms with Crippen LogP contribution in [0.2, 0.25) is 0 Å². The van der Waals surface area contributed by atoms with Gasteiger partial charge in [0, 0.05) is 0 Å². The molecule has 0 aromatic rings. The van der Waals surface area contributed by atoms with Crippen molar-refractivity contribution in [3.05, 3.63) is 0 Å². The van der Waals surface area contributed by atoms with E-state index in [1.165, 1.54) is 25.7 Å². The van der Waals surface area contributed by atoms with Crippen LogP contribution in [0.15, 0.2) is 0 Å². The van der Waals surface area contributed by atoms with Gasteiger partial charge in [0.05, 0.1) is 0 Å². The van der Waals surface area contributed by atoms with Gasteiger partial charge in [-0.15, -0.1) is 0 Å². The smallest absolute Gasteiger partial charge is 0.0533 e. The van der Waals surface area contributed by atoms with Gasteiger partial charge in [-0.3, -0.25) is 0 Å². The van der Waals surface area contributed by atoms with E-state index in [0.29, 0.717) is 0 Å². The van der Waals surface area contributed by atoms with Crippen LogP contribution in [0.5, 0.6) is 0 Å². The molecular weight excluding hydrogens is 62.1 g/mol. The predicted molar refractivity (Wildman–Crippen MR) is 23.5 cm³/mol. The Morgan fingerprint density at radius 3 is 0.800 bits per heavy atom. The first-order chi connectivity index (χ1) is 2.00. The maximum atomic E-state index is 1.50. The standard InChI is InChI=1S/C4H8.H3N/c1-2-4-3-1;/h1-4H2;1H3. The molecule has 1 fully saturated rings. The van der Waals surface area contributed by atoms with Crippen molar-refractivity contribution in [3.63, 3.8) is 0 Å². The summed E-state index contributed by atoms with van der Waals surface area (Å²) in [4.78, 5) is 0. The van der Waals surface area contributed by atoms with E-state index in [4.69, 9.17) is 0 Å². The molecule has 0 spiro atoms. The molecule has 1 aliphatic rings. The Kier molecular flexibility index (Phi) is 2.19. The fourth-order valence-electron chi connectivity index (χ4n) is 0.250. The van der Waals surface area contributed by atoms with Crippen LogP contribution in [-0.2, 0) is 0 Å². The molecule has 0 aromatic carbocycles. The first-order valence-corrected chi connectivity index (χ1v) is 2.00. The molecule has 0 aromatic heterocycles. The van der Waals surface area contributed by atoms with Gasteiger partial charge in [0.25, 0.3) is 0 Å². The minimum atomic E-state index is 0. The van der Waals surface area contributed by atoms with Gasteiger partial charge in [0.15, 0.2) is 0 Å². The molecule has 0 atom stereocenters. The number of hydrogen-bond acceptors (Lipinski definition) is 1. The number of hydrogen-bond donors (Lipinski definition) is 1. The molecule has 1 rings (SSSR count). The van der Waals surface area contributed by atoms with Crippen LogP contribution < -0.4 is 6.15 Å². The van der Waals surface area contributed by atoms with Crippen LogP contribution in [-0.4, -0.2) is 0 Å². The lowest BCUT2D eigenvalue weighted by Gasteiger charge is -2.05. The summed E-state index contributed by atoms with van der Waals surface area (Å²) in [6.45, 7) is 0. The summed E-state index contributed by atoms with van der Waals surface area (Å²) < 4.78 is 0. The molecule has 1 heteroatoms. The molecule has 0 unspecified atom stereocenters. The maximum absolute atomic E-state index is 1.50. The third-order valence-electron chi connectivity index (χ3n) is 1.000. The molecule has 32 valence electrons. The van der Waals surface area contributed by atoms with Gasteiger partial charge in [0.1, 0.15) is 0 Å². The van der Waals surface area contributed by atoms with Gasteiger partial charge in [0.2, 0.25) is 0 Å². The van der Waals surface area contributed by atoms with E-state index < -0.39 is 0 Å². The Bertz CT molecular complexity index is 11.6. The van der Waals surface area contributed by atoms with Crippen molar-refractivity contribution >= 4 is 0 Å². The molecular formula is C4H11N. The van der Waals surface area contributed by atoms with Crippen molar-refractivity contribution in [2.75, 3.05) is 0 Å². The minimum Gasteiger partial charge on any atom is -0.344 e. The summed E-state index contributed by atoms with van der Waals surface area (Å²) in [6.07, 6.45) is 6.00. The highest BCUT2D eigenvalue weighted by molar-refractivity contribution is 4.50. The van der Waals surface area contributed by atoms with Gasteiger partial charge in [-0.25, -0.2) is 0 Å². The van der Waals surface area contributed by atoms with E-state index in [0.717, 1.165) is 0 Å². The van der Waals surface area contributed by atoms with E-state index >= 15 is 0 Å². The van der Waals surface area contributed by atoms with E-state index in [9.17, 15) is 0 Å². The Labute approximate surface area is 33.0 Å². The summed E-state index contributed by atoms with van der Waals surface area (Å²) in [6, 6.07) is 0. The van der Waals surface area contributed by atoms with Gasteiger partial charge >= 0.3 is 0 Å². The van der Waals surface area contributed by atoms with Crippen molar-refractivity contribution in [1.29, 1.82) is 0 Å². The summed E-state index contributed by atoms with van der Waals surface area (Å²) in [5, 5.41) is 0. The minimum absolute atomic E-state index is 0. The zero-order valence-electron chi connectivity index (χ0n) is 3.54. The van der Waals surface area contributed by atoms with Crippen molar-refractivity contribution in [1.82, 2.24) is 6.15 Å². The third-order valence-corrected chi connectivity index (χ3v) is 1.000. The molecule has 1 saturated carbocycles. The monoisotopic (exact) mass is 73.1 g/mol. The highest BCUT2D eigenvalue weighted by Crippen LogP contribution is 2.15. The second kappa shape index (κ2) is 2.21. The lowest BCUT2D eigenvalue weighted by atomic mass is 10.0. The molecule has 0 heterocycles. The van der Waals surface area contributed by atoms with Gasteiger partial charge < -0.3 is 6.15 Å². The highest BCUT2D eigenvalue weighted by Gasteiger charge is 1.95. The summed E-state index contributed by atoms with van der Waals surface area (Å²) >= 11 is 0. The third kappa shape index (κ3) is 0.970. The Hall–Kier alpha value is -0.0400. The van der Waals surface area contributed by atoms with Gasteiger partial charge in [-0.2, -0.15) is 0 Å². The molecule has 1 nitrogen and oxygen atoms in total. The average molecular weight is 73.1 g/mol. The normalized spacial score (nSPS) is 19.2. The molecule has 0 amide bonds. The van der Waals surface area contributed by atoms with Crippen LogP contribution in [0.25, 0.3) is 0 Å². The maximum Gasteiger partial charge on any atom is -0.0533 e. The fraction of sp³-hybridized carbons (Fsp3) is 1.00. The lowest BCUT2D eigenvalue weighted by molar-refractivity contribution is 0.504. The molecule has 0 saturated heterocycles. The zero-order chi connectivity index (χ0) is 2.83. The van der Waals surface area contributed by atoms with E-state index in [-0.39, 0.29) is 6.15 Å². The van der Waals surface area contributed by atoms with Crippen LogP contribution in [0.1, 0.15) is 25.7 Å². The van der Waals surface area contributed by atoms with E-state index in [1.54, 1.807) is 0 Å². The van der Waals surface area contributed by atoms with Crippen molar-refractivity contribution in [3.8, 4) is 0 Å². The summed E-state index contributed by atoms with van der Waals surface area (Å²) in [5.74, 6) is 0. The Morgan fingerprint density at radius 1 is 0.600 bits per heavy atom. The van der Waals surface area contributed by atoms with Crippen LogP contribution in [0, 0.1) is 0 Å². The van der Waals surface area contributed by atoms with Gasteiger partial charge in [-0.05, 0) is 0 Å². The average Bonchev–Trinajstić information content (AvgIpc) is 0.722. The quantitative estimate of drug-likeness (QED) is 0.465. The second-order valence-corrected chi connectivity index (χ2v) is 1.41. The fourth-order valence-corrected chi connectivity index (χ4v) is 0.250. The van der Waals surface area contributed by atoms with Crippen molar-refractivity contribution in [2.24, 2.45) is 0 Å². The highest BCUT2D eigenvalue weighted by atomic mass is 14.0. The molecule has 0 aliphatic heterocycles. The van der Waals surface area contributed by atoms with Crippen LogP contribution in [0.4, 0.5) is 0 Å². The molecule has 1 aliphatic carbocycles. The SMILES string of the molecule is C1CCC1.N.